The van der Waals surface area contributed by atoms with Gasteiger partial charge in [-0.3, -0.25) is 0 Å². The number of hydrogen-bond acceptors (Lipinski definition) is 5. The summed E-state index contributed by atoms with van der Waals surface area (Å²) in [4.78, 5) is 23.2. The summed E-state index contributed by atoms with van der Waals surface area (Å²) in [6.07, 6.45) is -0.788. The molecule has 0 saturated heterocycles. The van der Waals surface area contributed by atoms with Crippen molar-refractivity contribution in [2.24, 2.45) is 0 Å². The predicted octanol–water partition coefficient (Wildman–Crippen LogP) is 2.56. The monoisotopic (exact) mass is 388 g/mol. The molecule has 8 heteroatoms. The third kappa shape index (κ3) is 5.97. The van der Waals surface area contributed by atoms with Gasteiger partial charge in [-0.1, -0.05) is 0 Å². The van der Waals surface area contributed by atoms with Crippen LogP contribution in [0.4, 0.5) is 10.5 Å². The fraction of sp³-hybridized carbons (Fsp3) is 0.467. The maximum absolute atomic E-state index is 11.8. The van der Waals surface area contributed by atoms with Crippen LogP contribution in [0, 0.1) is 0 Å². The Morgan fingerprint density at radius 3 is 2.48 bits per heavy atom. The number of amides is 1. The summed E-state index contributed by atoms with van der Waals surface area (Å²) in [5.74, 6) is -0.706. The summed E-state index contributed by atoms with van der Waals surface area (Å²) in [6, 6.07) is 2.09. The number of carbonyl (C=O) groups excluding carboxylic acids is 1. The van der Waals surface area contributed by atoms with Crippen LogP contribution in [-0.2, 0) is 16.0 Å². The van der Waals surface area contributed by atoms with E-state index in [9.17, 15) is 14.7 Å². The fourth-order valence-electron chi connectivity index (χ4n) is 1.84. The third-order valence-electron chi connectivity index (χ3n) is 2.81. The highest BCUT2D eigenvalue weighted by Crippen LogP contribution is 2.30. The second-order valence-electron chi connectivity index (χ2n) is 5.93. The van der Waals surface area contributed by atoms with Crippen LogP contribution in [0.15, 0.2) is 16.6 Å². The predicted molar refractivity (Wildman–Crippen MR) is 89.6 cm³/mol. The van der Waals surface area contributed by atoms with E-state index in [1.54, 1.807) is 32.9 Å². The van der Waals surface area contributed by atoms with Crippen LogP contribution in [0.3, 0.4) is 0 Å². The van der Waals surface area contributed by atoms with Gasteiger partial charge in [-0.25, -0.2) is 9.59 Å². The van der Waals surface area contributed by atoms with E-state index in [4.69, 9.17) is 15.2 Å². The number of nitrogens with one attached hydrogen (secondary N) is 1. The van der Waals surface area contributed by atoms with Gasteiger partial charge >= 0.3 is 12.1 Å². The lowest BCUT2D eigenvalue weighted by Gasteiger charge is -2.22. The van der Waals surface area contributed by atoms with E-state index in [-0.39, 0.29) is 6.42 Å². The van der Waals surface area contributed by atoms with E-state index in [0.29, 0.717) is 21.5 Å². The number of rotatable bonds is 5. The normalized spacial score (nSPS) is 12.4. The van der Waals surface area contributed by atoms with Crippen LogP contribution in [-0.4, -0.2) is 35.9 Å². The first-order valence-electron chi connectivity index (χ1n) is 6.87. The van der Waals surface area contributed by atoms with Crippen molar-refractivity contribution in [1.82, 2.24) is 5.32 Å². The lowest BCUT2D eigenvalue weighted by atomic mass is 10.0. The lowest BCUT2D eigenvalue weighted by Crippen LogP contribution is -2.44. The van der Waals surface area contributed by atoms with Crippen molar-refractivity contribution >= 4 is 33.7 Å². The van der Waals surface area contributed by atoms with Crippen LogP contribution in [0.1, 0.15) is 26.3 Å². The number of methoxy groups -OCH3 is 1. The Balaban J connectivity index is 2.95. The average Bonchev–Trinajstić information content (AvgIpc) is 2.39. The molecule has 23 heavy (non-hydrogen) atoms. The van der Waals surface area contributed by atoms with Gasteiger partial charge in [0.1, 0.15) is 17.4 Å². The molecular formula is C15H21BrN2O5. The van der Waals surface area contributed by atoms with E-state index in [1.165, 1.54) is 7.11 Å². The van der Waals surface area contributed by atoms with Crippen LogP contribution in [0.5, 0.6) is 5.75 Å². The average molecular weight is 389 g/mol. The molecule has 4 N–H and O–H groups in total. The van der Waals surface area contributed by atoms with Gasteiger partial charge in [0.25, 0.3) is 0 Å². The second kappa shape index (κ2) is 7.54. The van der Waals surface area contributed by atoms with Gasteiger partial charge in [0, 0.05) is 16.6 Å². The number of hydrogen-bond donors (Lipinski definition) is 3. The molecule has 0 bridgehead atoms. The zero-order valence-electron chi connectivity index (χ0n) is 13.5. The number of carboxylic acids is 1. The summed E-state index contributed by atoms with van der Waals surface area (Å²) in [6.45, 7) is 5.09. The largest absolute Gasteiger partial charge is 0.496 e. The first-order valence-corrected chi connectivity index (χ1v) is 7.67. The molecule has 1 aromatic carbocycles. The Hall–Kier alpha value is -1.96. The Labute approximate surface area is 143 Å². The number of benzene rings is 1. The van der Waals surface area contributed by atoms with Crippen LogP contribution >= 0.6 is 15.9 Å². The summed E-state index contributed by atoms with van der Waals surface area (Å²) < 4.78 is 10.9. The second-order valence-corrected chi connectivity index (χ2v) is 6.78. The summed E-state index contributed by atoms with van der Waals surface area (Å²) in [5, 5.41) is 11.7. The van der Waals surface area contributed by atoms with Gasteiger partial charge in [-0.05, 0) is 54.4 Å². The summed E-state index contributed by atoms with van der Waals surface area (Å²) in [7, 11) is 1.47. The Kier molecular flexibility index (Phi) is 6.26. The van der Waals surface area contributed by atoms with Gasteiger partial charge in [-0.15, -0.1) is 0 Å². The van der Waals surface area contributed by atoms with Crippen LogP contribution in [0.25, 0.3) is 0 Å². The molecule has 1 amide bonds. The van der Waals surface area contributed by atoms with Gasteiger partial charge in [0.05, 0.1) is 7.11 Å². The van der Waals surface area contributed by atoms with Crippen molar-refractivity contribution < 1.29 is 24.2 Å². The van der Waals surface area contributed by atoms with Crippen LogP contribution < -0.4 is 15.8 Å². The van der Waals surface area contributed by atoms with Crippen molar-refractivity contribution in [3.63, 3.8) is 0 Å². The number of nitrogen functional groups attached to an aromatic ring is 1. The van der Waals surface area contributed by atoms with Crippen molar-refractivity contribution in [2.75, 3.05) is 12.8 Å². The molecule has 1 rings (SSSR count). The Morgan fingerprint density at radius 1 is 1.39 bits per heavy atom. The first-order chi connectivity index (χ1) is 10.5. The summed E-state index contributed by atoms with van der Waals surface area (Å²) >= 11 is 3.28. The standard InChI is InChI=1S/C15H21BrN2O5/c1-15(2,3)23-14(21)18-11(13(19)20)6-8-5-10(17)9(16)7-12(8)22-4/h5,7,11H,6,17H2,1-4H3,(H,18,21)(H,19,20). The molecule has 0 aliphatic heterocycles. The minimum atomic E-state index is -1.18. The number of carbonyl (C=O) groups is 2. The van der Waals surface area contributed by atoms with Crippen molar-refractivity contribution in [3.8, 4) is 5.75 Å². The molecule has 0 heterocycles. The topological polar surface area (TPSA) is 111 Å². The van der Waals surface area contributed by atoms with Gasteiger partial charge in [-0.2, -0.15) is 0 Å². The zero-order valence-corrected chi connectivity index (χ0v) is 15.1. The van der Waals surface area contributed by atoms with Gasteiger partial charge in [0.15, 0.2) is 0 Å². The number of carboxylic acid groups (broad SMARTS) is 1. The summed E-state index contributed by atoms with van der Waals surface area (Å²) in [5.41, 5.74) is 6.12. The Morgan fingerprint density at radius 2 is 2.00 bits per heavy atom. The van der Waals surface area contributed by atoms with E-state index >= 15 is 0 Å². The molecular weight excluding hydrogens is 368 g/mol. The molecule has 1 aromatic rings. The van der Waals surface area contributed by atoms with E-state index in [2.05, 4.69) is 21.2 Å². The number of ether oxygens (including phenoxy) is 2. The maximum atomic E-state index is 11.8. The molecule has 0 aliphatic rings. The van der Waals surface area contributed by atoms with E-state index in [0.717, 1.165) is 0 Å². The third-order valence-corrected chi connectivity index (χ3v) is 3.50. The maximum Gasteiger partial charge on any atom is 0.408 e. The zero-order chi connectivity index (χ0) is 17.8. The molecule has 1 atom stereocenters. The van der Waals surface area contributed by atoms with E-state index < -0.39 is 23.7 Å². The van der Waals surface area contributed by atoms with Crippen molar-refractivity contribution in [2.45, 2.75) is 38.8 Å². The lowest BCUT2D eigenvalue weighted by molar-refractivity contribution is -0.139. The highest BCUT2D eigenvalue weighted by atomic mass is 79.9. The van der Waals surface area contributed by atoms with Crippen molar-refractivity contribution in [3.05, 3.63) is 22.2 Å². The highest BCUT2D eigenvalue weighted by molar-refractivity contribution is 9.10. The number of alkyl carbamates (subject to hydrolysis) is 1. The molecule has 1 unspecified atom stereocenters. The fourth-order valence-corrected chi connectivity index (χ4v) is 2.16. The van der Waals surface area contributed by atoms with Gasteiger partial charge in [0.2, 0.25) is 0 Å². The number of anilines is 1. The minimum absolute atomic E-state index is 0.00916. The molecule has 0 saturated carbocycles. The molecule has 0 aromatic heterocycles. The molecule has 7 nitrogen and oxygen atoms in total. The minimum Gasteiger partial charge on any atom is -0.496 e. The number of halogens is 1. The van der Waals surface area contributed by atoms with Gasteiger partial charge < -0.3 is 25.6 Å². The molecule has 128 valence electrons. The van der Waals surface area contributed by atoms with Crippen molar-refractivity contribution in [1.29, 1.82) is 0 Å². The van der Waals surface area contributed by atoms with E-state index in [1.807, 2.05) is 0 Å². The molecule has 0 aliphatic carbocycles. The first kappa shape index (κ1) is 19.1. The Bertz CT molecular complexity index is 598. The number of aliphatic carboxylic acids is 1. The quantitative estimate of drug-likeness (QED) is 0.668. The number of nitrogens with two attached hydrogens (primary N) is 1. The molecule has 0 radical (unpaired) electrons. The molecule has 0 fully saturated rings. The highest BCUT2D eigenvalue weighted by Gasteiger charge is 2.25. The molecule has 0 spiro atoms. The smallest absolute Gasteiger partial charge is 0.408 e. The van der Waals surface area contributed by atoms with Crippen LogP contribution in [0.2, 0.25) is 0 Å². The SMILES string of the molecule is COc1cc(Br)c(N)cc1CC(NC(=O)OC(C)(C)C)C(=O)O.